The fraction of sp³-hybridized carbons (Fsp3) is 0.714. The molecular weight excluding hydrogens is 306 g/mol. The van der Waals surface area contributed by atoms with Gasteiger partial charge in [0.15, 0.2) is 5.82 Å². The smallest absolute Gasteiger partial charge is 0.244 e. The Morgan fingerprint density at radius 1 is 1.32 bits per heavy atom. The van der Waals surface area contributed by atoms with Crippen LogP contribution in [0.5, 0.6) is 0 Å². The molecule has 1 saturated carbocycles. The molecule has 8 heteroatoms. The highest BCUT2D eigenvalue weighted by Gasteiger charge is 2.43. The maximum Gasteiger partial charge on any atom is 0.244 e. The van der Waals surface area contributed by atoms with Crippen LogP contribution in [0.15, 0.2) is 10.6 Å². The lowest BCUT2D eigenvalue weighted by atomic mass is 10.2. The zero-order chi connectivity index (χ0) is 15.7. The van der Waals surface area contributed by atoms with Crippen molar-refractivity contribution in [1.82, 2.24) is 9.46 Å². The topological polar surface area (TPSA) is 92.5 Å². The number of rotatable bonds is 4. The van der Waals surface area contributed by atoms with Crippen LogP contribution < -0.4 is 5.32 Å². The second-order valence-electron chi connectivity index (χ2n) is 6.03. The van der Waals surface area contributed by atoms with E-state index in [1.165, 1.54) is 4.31 Å². The molecule has 0 unspecified atom stereocenters. The van der Waals surface area contributed by atoms with Gasteiger partial charge >= 0.3 is 0 Å². The highest BCUT2D eigenvalue weighted by Crippen LogP contribution is 2.31. The van der Waals surface area contributed by atoms with E-state index in [1.807, 2.05) is 0 Å². The number of sulfonamides is 1. The van der Waals surface area contributed by atoms with Crippen molar-refractivity contribution in [2.24, 2.45) is 0 Å². The fourth-order valence-corrected chi connectivity index (χ4v) is 5.57. The Labute approximate surface area is 130 Å². The molecule has 0 radical (unpaired) electrons. The van der Waals surface area contributed by atoms with E-state index in [-0.39, 0.29) is 11.2 Å². The van der Waals surface area contributed by atoms with Crippen LogP contribution >= 0.6 is 0 Å². The van der Waals surface area contributed by atoms with Gasteiger partial charge in [-0.1, -0.05) is 18.0 Å². The summed E-state index contributed by atoms with van der Waals surface area (Å²) in [5, 5.41) is 6.04. The number of hydrogen-bond donors (Lipinski definition) is 1. The lowest BCUT2D eigenvalue weighted by molar-refractivity contribution is -0.119. The molecule has 2 heterocycles. The molecule has 1 aromatic rings. The van der Waals surface area contributed by atoms with E-state index < -0.39 is 16.1 Å². The van der Waals surface area contributed by atoms with Crippen LogP contribution in [0, 0.1) is 6.92 Å². The van der Waals surface area contributed by atoms with E-state index in [2.05, 4.69) is 10.5 Å². The molecule has 0 aromatic carbocycles. The number of hydrogen-bond acceptors (Lipinski definition) is 5. The second kappa shape index (κ2) is 6.00. The van der Waals surface area contributed by atoms with Crippen LogP contribution in [0.3, 0.4) is 0 Å². The van der Waals surface area contributed by atoms with Gasteiger partial charge < -0.3 is 9.84 Å². The molecule has 1 N–H and O–H groups in total. The molecule has 1 saturated heterocycles. The summed E-state index contributed by atoms with van der Waals surface area (Å²) in [5.74, 6) is 0.595. The van der Waals surface area contributed by atoms with Crippen LogP contribution in [0.25, 0.3) is 0 Å². The number of aryl methyl sites for hydroxylation is 1. The van der Waals surface area contributed by atoms with Gasteiger partial charge in [-0.2, -0.15) is 4.31 Å². The van der Waals surface area contributed by atoms with Crippen LogP contribution in [-0.4, -0.2) is 41.6 Å². The number of nitrogens with one attached hydrogen (secondary N) is 1. The Kier molecular flexibility index (Phi) is 4.22. The van der Waals surface area contributed by atoms with Crippen molar-refractivity contribution in [3.8, 4) is 0 Å². The van der Waals surface area contributed by atoms with Gasteiger partial charge in [0.2, 0.25) is 15.9 Å². The third-order valence-corrected chi connectivity index (χ3v) is 6.84. The minimum atomic E-state index is -3.39. The normalized spacial score (nSPS) is 24.0. The van der Waals surface area contributed by atoms with Crippen LogP contribution in [0.2, 0.25) is 0 Å². The molecule has 1 amide bonds. The van der Waals surface area contributed by atoms with E-state index >= 15 is 0 Å². The first kappa shape index (κ1) is 15.5. The van der Waals surface area contributed by atoms with E-state index in [4.69, 9.17) is 4.52 Å². The molecule has 1 atom stereocenters. The van der Waals surface area contributed by atoms with Crippen molar-refractivity contribution in [2.45, 2.75) is 56.7 Å². The number of carbonyl (C=O) groups excluding carboxylic acids is 1. The molecule has 1 aromatic heterocycles. The largest absolute Gasteiger partial charge is 0.360 e. The first-order chi connectivity index (χ1) is 10.5. The monoisotopic (exact) mass is 327 g/mol. The van der Waals surface area contributed by atoms with Crippen molar-refractivity contribution in [3.05, 3.63) is 11.8 Å². The predicted octanol–water partition coefficient (Wildman–Crippen LogP) is 1.66. The summed E-state index contributed by atoms with van der Waals surface area (Å²) in [5.41, 5.74) is 0. The molecule has 0 bridgehead atoms. The van der Waals surface area contributed by atoms with Gasteiger partial charge in [0.05, 0.1) is 5.25 Å². The number of carbonyl (C=O) groups is 1. The Balaban J connectivity index is 1.73. The SMILES string of the molecule is Cc1cc(NC(=O)[C@@H]2CCCN2S(=O)(=O)C2CCCC2)no1. The lowest BCUT2D eigenvalue weighted by Gasteiger charge is -2.26. The van der Waals surface area contributed by atoms with E-state index in [0.29, 0.717) is 43.8 Å². The van der Waals surface area contributed by atoms with Gasteiger partial charge in [-0.05, 0) is 32.6 Å². The van der Waals surface area contributed by atoms with Gasteiger partial charge in [0, 0.05) is 12.6 Å². The molecule has 3 rings (SSSR count). The molecule has 0 spiro atoms. The summed E-state index contributed by atoms with van der Waals surface area (Å²) < 4.78 is 31.7. The molecule has 22 heavy (non-hydrogen) atoms. The zero-order valence-corrected chi connectivity index (χ0v) is 13.4. The first-order valence-electron chi connectivity index (χ1n) is 7.73. The van der Waals surface area contributed by atoms with E-state index in [9.17, 15) is 13.2 Å². The summed E-state index contributed by atoms with van der Waals surface area (Å²) in [4.78, 5) is 12.4. The summed E-state index contributed by atoms with van der Waals surface area (Å²) in [6.45, 7) is 2.16. The van der Waals surface area contributed by atoms with E-state index in [0.717, 1.165) is 12.8 Å². The minimum Gasteiger partial charge on any atom is -0.360 e. The number of anilines is 1. The molecule has 1 aliphatic heterocycles. The Morgan fingerprint density at radius 3 is 2.68 bits per heavy atom. The number of aromatic nitrogens is 1. The van der Waals surface area contributed by atoms with Crippen molar-refractivity contribution in [2.75, 3.05) is 11.9 Å². The van der Waals surface area contributed by atoms with Gasteiger partial charge in [-0.3, -0.25) is 4.79 Å². The molecular formula is C14H21N3O4S. The van der Waals surface area contributed by atoms with Crippen LogP contribution in [0.1, 0.15) is 44.3 Å². The summed E-state index contributed by atoms with van der Waals surface area (Å²) in [6.07, 6.45) is 4.57. The maximum absolute atomic E-state index is 12.7. The Hall–Kier alpha value is -1.41. The van der Waals surface area contributed by atoms with Crippen LogP contribution in [-0.2, 0) is 14.8 Å². The standard InChI is InChI=1S/C14H21N3O4S/c1-10-9-13(16-21-10)15-14(18)12-7-4-8-17(12)22(19,20)11-5-2-3-6-11/h9,11-12H,2-8H2,1H3,(H,15,16,18)/t12-/m0/s1. The fourth-order valence-electron chi connectivity index (χ4n) is 3.32. The third kappa shape index (κ3) is 2.89. The highest BCUT2D eigenvalue weighted by atomic mass is 32.2. The molecule has 122 valence electrons. The number of amides is 1. The van der Waals surface area contributed by atoms with Gasteiger partial charge in [-0.15, -0.1) is 0 Å². The van der Waals surface area contributed by atoms with Crippen LogP contribution in [0.4, 0.5) is 5.82 Å². The van der Waals surface area contributed by atoms with Gasteiger partial charge in [0.1, 0.15) is 11.8 Å². The molecule has 1 aliphatic carbocycles. The average Bonchev–Trinajstić information content (AvgIpc) is 3.20. The molecule has 2 fully saturated rings. The predicted molar refractivity (Wildman–Crippen MR) is 80.8 cm³/mol. The maximum atomic E-state index is 12.7. The van der Waals surface area contributed by atoms with Gasteiger partial charge in [-0.25, -0.2) is 8.42 Å². The second-order valence-corrected chi connectivity index (χ2v) is 8.20. The average molecular weight is 327 g/mol. The Morgan fingerprint density at radius 2 is 2.05 bits per heavy atom. The van der Waals surface area contributed by atoms with Crippen molar-refractivity contribution in [3.63, 3.8) is 0 Å². The summed E-state index contributed by atoms with van der Waals surface area (Å²) in [6, 6.07) is 0.977. The third-order valence-electron chi connectivity index (χ3n) is 4.44. The van der Waals surface area contributed by atoms with Gasteiger partial charge in [0.25, 0.3) is 0 Å². The minimum absolute atomic E-state index is 0.324. The quantitative estimate of drug-likeness (QED) is 0.908. The molecule has 2 aliphatic rings. The zero-order valence-electron chi connectivity index (χ0n) is 12.6. The number of nitrogens with zero attached hydrogens (tertiary/aromatic N) is 2. The highest BCUT2D eigenvalue weighted by molar-refractivity contribution is 7.89. The van der Waals surface area contributed by atoms with E-state index in [1.54, 1.807) is 13.0 Å². The summed E-state index contributed by atoms with van der Waals surface area (Å²) >= 11 is 0. The lowest BCUT2D eigenvalue weighted by Crippen LogP contribution is -2.46. The van der Waals surface area contributed by atoms with Crippen molar-refractivity contribution >= 4 is 21.7 Å². The Bertz CT molecular complexity index is 649. The van der Waals surface area contributed by atoms with Crippen molar-refractivity contribution in [1.29, 1.82) is 0 Å². The summed E-state index contributed by atoms with van der Waals surface area (Å²) in [7, 11) is -3.39. The van der Waals surface area contributed by atoms with Crippen molar-refractivity contribution < 1.29 is 17.7 Å². The molecule has 7 nitrogen and oxygen atoms in total. The first-order valence-corrected chi connectivity index (χ1v) is 9.23.